The molecule has 0 saturated heterocycles. The van der Waals surface area contributed by atoms with Crippen molar-refractivity contribution in [3.8, 4) is 0 Å². The molecule has 64 valence electrons. The van der Waals surface area contributed by atoms with Crippen LogP contribution in [0.3, 0.4) is 0 Å². The number of rotatable bonds is 1. The molecule has 0 amide bonds. The maximum atomic E-state index is 2.34. The van der Waals surface area contributed by atoms with Crippen LogP contribution in [0.1, 0.15) is 22.6 Å². The predicted molar refractivity (Wildman–Crippen MR) is 64.8 cm³/mol. The van der Waals surface area contributed by atoms with Crippen molar-refractivity contribution in [2.75, 3.05) is 0 Å². The third-order valence-electron chi connectivity index (χ3n) is 2.59. The van der Waals surface area contributed by atoms with Gasteiger partial charge in [-0.05, 0) is 24.0 Å². The van der Waals surface area contributed by atoms with Crippen molar-refractivity contribution in [3.05, 3.63) is 41.0 Å². The number of allylic oxidation sites excluding steroid dienone is 1. The van der Waals surface area contributed by atoms with Crippen LogP contribution in [0.2, 0.25) is 6.04 Å². The molecule has 0 aliphatic heterocycles. The van der Waals surface area contributed by atoms with E-state index in [0.717, 1.165) is 5.92 Å². The molecule has 13 heavy (non-hydrogen) atoms. The van der Waals surface area contributed by atoms with Crippen LogP contribution in [0.4, 0.5) is 0 Å². The van der Waals surface area contributed by atoms with E-state index in [9.17, 15) is 0 Å². The number of benzene rings is 1. The molecule has 2 heteroatoms. The Morgan fingerprint density at radius 3 is 2.85 bits per heavy atom. The van der Waals surface area contributed by atoms with Crippen molar-refractivity contribution < 1.29 is 0 Å². The molecule has 1 aliphatic rings. The van der Waals surface area contributed by atoms with Crippen molar-refractivity contribution >= 4 is 45.9 Å². The molecule has 0 spiro atoms. The van der Waals surface area contributed by atoms with Crippen LogP contribution in [-0.2, 0) is 0 Å². The zero-order valence-corrected chi connectivity index (χ0v) is 9.67. The van der Waals surface area contributed by atoms with Crippen LogP contribution in [-0.4, -0.2) is 39.8 Å². The van der Waals surface area contributed by atoms with Crippen molar-refractivity contribution in [3.63, 3.8) is 0 Å². The SMILES string of the molecule is Cc1ccc2c(c1)C(C[SiH3])C=C2.[NaH]. The van der Waals surface area contributed by atoms with Gasteiger partial charge in [-0.1, -0.05) is 42.0 Å². The van der Waals surface area contributed by atoms with Gasteiger partial charge in [0.15, 0.2) is 0 Å². The second kappa shape index (κ2) is 4.60. The molecule has 0 heterocycles. The molecular formula is C11H15NaSi. The van der Waals surface area contributed by atoms with Crippen LogP contribution in [0, 0.1) is 6.92 Å². The molecule has 1 aromatic carbocycles. The molecule has 0 N–H and O–H groups in total. The minimum atomic E-state index is 0. The molecule has 1 aromatic rings. The van der Waals surface area contributed by atoms with Gasteiger partial charge in [0.25, 0.3) is 0 Å². The van der Waals surface area contributed by atoms with Gasteiger partial charge in [-0.2, -0.15) is 0 Å². The fourth-order valence-corrected chi connectivity index (χ4v) is 2.56. The Labute approximate surface area is 105 Å². The van der Waals surface area contributed by atoms with Gasteiger partial charge < -0.3 is 0 Å². The second-order valence-electron chi connectivity index (χ2n) is 3.51. The summed E-state index contributed by atoms with van der Waals surface area (Å²) in [5.74, 6) is 0.728. The number of hydrogen-bond donors (Lipinski definition) is 0. The zero-order chi connectivity index (χ0) is 8.55. The van der Waals surface area contributed by atoms with Crippen molar-refractivity contribution in [1.82, 2.24) is 0 Å². The van der Waals surface area contributed by atoms with E-state index in [0.29, 0.717) is 0 Å². The summed E-state index contributed by atoms with van der Waals surface area (Å²) in [6.07, 6.45) is 4.61. The van der Waals surface area contributed by atoms with Gasteiger partial charge >= 0.3 is 29.6 Å². The van der Waals surface area contributed by atoms with Crippen molar-refractivity contribution in [2.24, 2.45) is 0 Å². The van der Waals surface area contributed by atoms with Gasteiger partial charge in [0, 0.05) is 10.2 Å². The summed E-state index contributed by atoms with van der Waals surface area (Å²) in [5.41, 5.74) is 4.36. The summed E-state index contributed by atoms with van der Waals surface area (Å²) < 4.78 is 0. The molecule has 0 bridgehead atoms. The normalized spacial score (nSPS) is 18.4. The summed E-state index contributed by atoms with van der Waals surface area (Å²) in [6.45, 7) is 2.17. The molecule has 1 aliphatic carbocycles. The van der Waals surface area contributed by atoms with Crippen molar-refractivity contribution in [1.29, 1.82) is 0 Å². The Morgan fingerprint density at radius 2 is 2.15 bits per heavy atom. The van der Waals surface area contributed by atoms with Gasteiger partial charge in [0.2, 0.25) is 0 Å². The van der Waals surface area contributed by atoms with Gasteiger partial charge in [0.1, 0.15) is 0 Å². The molecule has 0 aromatic heterocycles. The first-order valence-electron chi connectivity index (χ1n) is 4.60. The third kappa shape index (κ3) is 2.16. The molecule has 0 saturated carbocycles. The monoisotopic (exact) mass is 198 g/mol. The summed E-state index contributed by atoms with van der Waals surface area (Å²) >= 11 is 0. The first kappa shape index (κ1) is 11.3. The predicted octanol–water partition coefficient (Wildman–Crippen LogP) is 1.24. The van der Waals surface area contributed by atoms with E-state index in [4.69, 9.17) is 0 Å². The average molecular weight is 198 g/mol. The van der Waals surface area contributed by atoms with Gasteiger partial charge in [-0.3, -0.25) is 0 Å². The summed E-state index contributed by atoms with van der Waals surface area (Å²) in [4.78, 5) is 0. The van der Waals surface area contributed by atoms with Gasteiger partial charge in [-0.15, -0.1) is 0 Å². The summed E-state index contributed by atoms with van der Waals surface area (Å²) in [7, 11) is 1.30. The topological polar surface area (TPSA) is 0 Å². The molecule has 2 rings (SSSR count). The molecule has 1 unspecified atom stereocenters. The number of hydrogen-bond acceptors (Lipinski definition) is 0. The zero-order valence-electron chi connectivity index (χ0n) is 7.67. The van der Waals surface area contributed by atoms with E-state index in [1.807, 2.05) is 0 Å². The summed E-state index contributed by atoms with van der Waals surface area (Å²) in [5, 5.41) is 0. The van der Waals surface area contributed by atoms with Crippen LogP contribution in [0.5, 0.6) is 0 Å². The standard InChI is InChI=1S/C11H14Si.Na.H/c1-8-2-3-9-4-5-10(7-12)11(9)6-8;;/h2-6,10H,7H2,1,12H3;;. The van der Waals surface area contributed by atoms with Crippen molar-refractivity contribution in [2.45, 2.75) is 18.9 Å². The third-order valence-corrected chi connectivity index (χ3v) is 3.47. The summed E-state index contributed by atoms with van der Waals surface area (Å²) in [6, 6.07) is 8.11. The first-order valence-corrected chi connectivity index (χ1v) is 6.01. The molecule has 0 nitrogen and oxygen atoms in total. The fraction of sp³-hybridized carbons (Fsp3) is 0.273. The molecule has 0 radical (unpaired) electrons. The Kier molecular flexibility index (Phi) is 3.99. The molecule has 1 atom stereocenters. The number of fused-ring (bicyclic) bond motifs is 1. The van der Waals surface area contributed by atoms with Crippen LogP contribution in [0.15, 0.2) is 24.3 Å². The quantitative estimate of drug-likeness (QED) is 0.596. The first-order chi connectivity index (χ1) is 5.81. The Hall–Kier alpha value is 0.177. The maximum absolute atomic E-state index is 2.34. The van der Waals surface area contributed by atoms with Gasteiger partial charge in [0.05, 0.1) is 0 Å². The van der Waals surface area contributed by atoms with E-state index in [1.54, 1.807) is 5.56 Å². The van der Waals surface area contributed by atoms with E-state index >= 15 is 0 Å². The van der Waals surface area contributed by atoms with Gasteiger partial charge in [-0.25, -0.2) is 0 Å². The van der Waals surface area contributed by atoms with E-state index in [-0.39, 0.29) is 29.6 Å². The van der Waals surface area contributed by atoms with E-state index in [2.05, 4.69) is 37.3 Å². The molecular weight excluding hydrogens is 183 g/mol. The van der Waals surface area contributed by atoms with E-state index in [1.165, 1.54) is 27.4 Å². The fourth-order valence-electron chi connectivity index (χ4n) is 1.85. The minimum absolute atomic E-state index is 0. The van der Waals surface area contributed by atoms with Crippen LogP contribution in [0.25, 0.3) is 6.08 Å². The molecule has 0 fully saturated rings. The Morgan fingerprint density at radius 1 is 1.38 bits per heavy atom. The average Bonchev–Trinajstić information content (AvgIpc) is 2.46. The Balaban J connectivity index is 0.000000845. The van der Waals surface area contributed by atoms with E-state index < -0.39 is 0 Å². The Bertz CT molecular complexity index is 331. The second-order valence-corrected chi connectivity index (χ2v) is 4.32. The number of aryl methyl sites for hydroxylation is 1. The van der Waals surface area contributed by atoms with Crippen LogP contribution >= 0.6 is 0 Å². The van der Waals surface area contributed by atoms with Crippen LogP contribution < -0.4 is 0 Å².